The summed E-state index contributed by atoms with van der Waals surface area (Å²) in [6, 6.07) is 4.04. The Labute approximate surface area is 188 Å². The van der Waals surface area contributed by atoms with Crippen molar-refractivity contribution in [3.8, 4) is 22.8 Å². The van der Waals surface area contributed by atoms with Crippen molar-refractivity contribution in [1.29, 1.82) is 0 Å². The molecule has 32 heavy (non-hydrogen) atoms. The molecule has 0 aliphatic rings. The predicted octanol–water partition coefficient (Wildman–Crippen LogP) is 2.74. The van der Waals surface area contributed by atoms with Gasteiger partial charge in [0.25, 0.3) is 5.91 Å². The van der Waals surface area contributed by atoms with Gasteiger partial charge in [-0.2, -0.15) is 5.10 Å². The highest BCUT2D eigenvalue weighted by atomic mass is 16.5. The second-order valence-corrected chi connectivity index (χ2v) is 7.67. The zero-order valence-electron chi connectivity index (χ0n) is 19.1. The predicted molar refractivity (Wildman–Crippen MR) is 125 cm³/mol. The molecule has 3 rings (SSSR count). The summed E-state index contributed by atoms with van der Waals surface area (Å²) < 4.78 is 7.50. The van der Waals surface area contributed by atoms with Crippen LogP contribution in [-0.4, -0.2) is 56.8 Å². The summed E-state index contributed by atoms with van der Waals surface area (Å²) in [4.78, 5) is 22.6. The number of anilines is 1. The number of hydrogen-bond acceptors (Lipinski definition) is 7. The van der Waals surface area contributed by atoms with E-state index in [1.807, 2.05) is 26.0 Å². The first kappa shape index (κ1) is 23.2. The fraction of sp³-hybridized carbons (Fsp3) is 0.391. The summed E-state index contributed by atoms with van der Waals surface area (Å²) in [6.45, 7) is 12.2. The van der Waals surface area contributed by atoms with Gasteiger partial charge in [0, 0.05) is 18.3 Å². The minimum absolute atomic E-state index is 0.203. The molecule has 3 aromatic rings. The summed E-state index contributed by atoms with van der Waals surface area (Å²) in [6.07, 6.45) is 5.46. The van der Waals surface area contributed by atoms with Crippen LogP contribution in [0.1, 0.15) is 41.8 Å². The minimum atomic E-state index is -0.571. The summed E-state index contributed by atoms with van der Waals surface area (Å²) >= 11 is 0. The van der Waals surface area contributed by atoms with E-state index in [4.69, 9.17) is 16.2 Å². The highest BCUT2D eigenvalue weighted by Gasteiger charge is 2.14. The number of carbonyl (C=O) groups is 1. The van der Waals surface area contributed by atoms with E-state index in [9.17, 15) is 4.79 Å². The number of carbonyl (C=O) groups excluding carboxylic acids is 1. The van der Waals surface area contributed by atoms with Crippen molar-refractivity contribution in [1.82, 2.24) is 24.6 Å². The maximum Gasteiger partial charge on any atom is 0.251 e. The van der Waals surface area contributed by atoms with Crippen LogP contribution in [-0.2, 0) is 0 Å². The van der Waals surface area contributed by atoms with Gasteiger partial charge < -0.3 is 21.1 Å². The van der Waals surface area contributed by atoms with Crippen molar-refractivity contribution >= 4 is 11.7 Å². The number of aryl methyl sites for hydroxylation is 2. The minimum Gasteiger partial charge on any atom is -0.493 e. The van der Waals surface area contributed by atoms with Crippen molar-refractivity contribution in [3.05, 3.63) is 47.4 Å². The third-order valence-electron chi connectivity index (χ3n) is 5.38. The second kappa shape index (κ2) is 10.2. The molecule has 0 fully saturated rings. The Bertz CT molecular complexity index is 1070. The molecule has 0 spiro atoms. The van der Waals surface area contributed by atoms with Crippen LogP contribution in [0.3, 0.4) is 0 Å². The van der Waals surface area contributed by atoms with Gasteiger partial charge in [0.2, 0.25) is 0 Å². The Balaban J connectivity index is 1.80. The number of nitrogen functional groups attached to an aromatic ring is 1. The molecular weight excluding hydrogens is 406 g/mol. The lowest BCUT2D eigenvalue weighted by Gasteiger charge is -2.19. The van der Waals surface area contributed by atoms with E-state index in [0.717, 1.165) is 48.5 Å². The number of aromatic nitrogens is 4. The zero-order valence-corrected chi connectivity index (χ0v) is 19.1. The molecule has 2 aromatic heterocycles. The molecule has 0 unspecified atom stereocenters. The van der Waals surface area contributed by atoms with Gasteiger partial charge in [-0.05, 0) is 56.6 Å². The van der Waals surface area contributed by atoms with Crippen LogP contribution in [0, 0.1) is 13.8 Å². The number of nitrogens with zero attached hydrogens (tertiary/aromatic N) is 5. The molecule has 0 atom stereocenters. The fourth-order valence-electron chi connectivity index (χ4n) is 3.59. The summed E-state index contributed by atoms with van der Waals surface area (Å²) in [5.41, 5.74) is 15.2. The van der Waals surface area contributed by atoms with E-state index in [1.165, 1.54) is 17.1 Å². The maximum absolute atomic E-state index is 11.4. The number of rotatable bonds is 10. The topological polar surface area (TPSA) is 125 Å². The molecule has 0 saturated carbocycles. The number of primary amides is 1. The van der Waals surface area contributed by atoms with Crippen molar-refractivity contribution in [2.24, 2.45) is 5.73 Å². The van der Waals surface area contributed by atoms with Gasteiger partial charge in [-0.3, -0.25) is 4.79 Å². The van der Waals surface area contributed by atoms with Gasteiger partial charge in [0.05, 0.1) is 30.3 Å². The van der Waals surface area contributed by atoms with Gasteiger partial charge in [-0.25, -0.2) is 14.6 Å². The molecule has 0 bridgehead atoms. The molecule has 0 aliphatic heterocycles. The van der Waals surface area contributed by atoms with E-state index in [1.54, 1.807) is 6.20 Å². The molecule has 170 valence electrons. The number of benzene rings is 1. The van der Waals surface area contributed by atoms with E-state index in [-0.39, 0.29) is 11.4 Å². The van der Waals surface area contributed by atoms with Crippen LogP contribution < -0.4 is 16.2 Å². The number of amides is 1. The van der Waals surface area contributed by atoms with Crippen LogP contribution in [0.25, 0.3) is 17.1 Å². The number of ether oxygens (including phenoxy) is 1. The van der Waals surface area contributed by atoms with Crippen LogP contribution >= 0.6 is 0 Å². The zero-order chi connectivity index (χ0) is 23.3. The first-order valence-corrected chi connectivity index (χ1v) is 10.8. The van der Waals surface area contributed by atoms with E-state index in [2.05, 4.69) is 33.8 Å². The monoisotopic (exact) mass is 437 g/mol. The number of nitrogens with two attached hydrogens (primary N) is 2. The van der Waals surface area contributed by atoms with E-state index >= 15 is 0 Å². The van der Waals surface area contributed by atoms with Gasteiger partial charge in [-0.1, -0.05) is 13.8 Å². The lowest BCUT2D eigenvalue weighted by molar-refractivity contribution is 0.100. The van der Waals surface area contributed by atoms with Crippen molar-refractivity contribution < 1.29 is 9.53 Å². The molecule has 9 nitrogen and oxygen atoms in total. The van der Waals surface area contributed by atoms with E-state index < -0.39 is 5.91 Å². The molecule has 0 aliphatic carbocycles. The van der Waals surface area contributed by atoms with Gasteiger partial charge in [0.1, 0.15) is 5.75 Å². The normalized spacial score (nSPS) is 11.2. The van der Waals surface area contributed by atoms with E-state index in [0.29, 0.717) is 18.1 Å². The Kier molecular flexibility index (Phi) is 7.42. The van der Waals surface area contributed by atoms with Gasteiger partial charge >= 0.3 is 0 Å². The highest BCUT2D eigenvalue weighted by molar-refractivity contribution is 5.92. The standard InChI is InChI=1S/C23H31N7O2/c1-5-29(6-2)8-7-9-32-20-15(3)10-17(11-16(20)4)19-13-26-21(24)23(28-19)30-14-18(12-27-30)22(25)31/h10-14H,5-9H2,1-4H3,(H2,24,26)(H2,25,31). The van der Waals surface area contributed by atoms with Crippen LogP contribution in [0.4, 0.5) is 5.82 Å². The SMILES string of the molecule is CCN(CC)CCCOc1c(C)cc(-c2cnc(N)c(-n3cc(C(N)=O)cn3)n2)cc1C. The molecule has 1 aromatic carbocycles. The van der Waals surface area contributed by atoms with Crippen LogP contribution in [0.5, 0.6) is 5.75 Å². The summed E-state index contributed by atoms with van der Waals surface area (Å²) in [7, 11) is 0. The summed E-state index contributed by atoms with van der Waals surface area (Å²) in [5, 5.41) is 4.13. The Hall–Kier alpha value is -3.46. The molecule has 2 heterocycles. The smallest absolute Gasteiger partial charge is 0.251 e. The summed E-state index contributed by atoms with van der Waals surface area (Å²) in [5.74, 6) is 0.865. The molecule has 1 amide bonds. The molecule has 4 N–H and O–H groups in total. The maximum atomic E-state index is 11.4. The Morgan fingerprint density at radius 1 is 1.16 bits per heavy atom. The first-order valence-electron chi connectivity index (χ1n) is 10.8. The average Bonchev–Trinajstić information content (AvgIpc) is 3.26. The molecule has 9 heteroatoms. The van der Waals surface area contributed by atoms with Crippen LogP contribution in [0.15, 0.2) is 30.7 Å². The molecule has 0 saturated heterocycles. The second-order valence-electron chi connectivity index (χ2n) is 7.67. The fourth-order valence-corrected chi connectivity index (χ4v) is 3.59. The third kappa shape index (κ3) is 5.23. The number of hydrogen-bond donors (Lipinski definition) is 2. The first-order chi connectivity index (χ1) is 15.3. The quantitative estimate of drug-likeness (QED) is 0.467. The van der Waals surface area contributed by atoms with Crippen molar-refractivity contribution in [2.75, 3.05) is 32.0 Å². The third-order valence-corrected chi connectivity index (χ3v) is 5.38. The van der Waals surface area contributed by atoms with Crippen molar-refractivity contribution in [3.63, 3.8) is 0 Å². The highest BCUT2D eigenvalue weighted by Crippen LogP contribution is 2.30. The van der Waals surface area contributed by atoms with Crippen LogP contribution in [0.2, 0.25) is 0 Å². The van der Waals surface area contributed by atoms with Gasteiger partial charge in [-0.15, -0.1) is 0 Å². The Morgan fingerprint density at radius 2 is 1.84 bits per heavy atom. The van der Waals surface area contributed by atoms with Crippen molar-refractivity contribution in [2.45, 2.75) is 34.1 Å². The van der Waals surface area contributed by atoms with Gasteiger partial charge in [0.15, 0.2) is 11.6 Å². The lowest BCUT2D eigenvalue weighted by atomic mass is 10.0. The molecular formula is C23H31N7O2. The molecule has 0 radical (unpaired) electrons. The average molecular weight is 438 g/mol. The lowest BCUT2D eigenvalue weighted by Crippen LogP contribution is -2.25. The largest absolute Gasteiger partial charge is 0.493 e. The Morgan fingerprint density at radius 3 is 2.44 bits per heavy atom.